The number of aromatic nitrogens is 2. The van der Waals surface area contributed by atoms with Gasteiger partial charge in [0.2, 0.25) is 5.96 Å². The largest absolute Gasteiger partial charge is 0.369 e. The van der Waals surface area contributed by atoms with Crippen molar-refractivity contribution in [1.82, 2.24) is 13.1 Å². The first-order valence-electron chi connectivity index (χ1n) is 8.38. The summed E-state index contributed by atoms with van der Waals surface area (Å²) in [7, 11) is -1.85. The summed E-state index contributed by atoms with van der Waals surface area (Å²) in [5, 5.41) is 2.65. The molecule has 1 atom stereocenters. The van der Waals surface area contributed by atoms with Crippen LogP contribution in [-0.4, -0.2) is 45.8 Å². The number of carbonyl (C=O) groups excluding carboxylic acids is 1. The number of halogens is 1. The number of anilines is 1. The standard InChI is InChI=1S/C16H19FN6O3S2/c1-15(16(5-6-16)28(25,26)23(2)14(18)21-15)10-7-9(3-4-11(10)17)20-13(24)12-8-19-27-22-12/h3-4,7-8,25-26H,5-6H2,1-2H3,(H2,18,21)(H,20,24)/t15-/m1/s1. The van der Waals surface area contributed by atoms with Crippen molar-refractivity contribution < 1.29 is 18.3 Å². The summed E-state index contributed by atoms with van der Waals surface area (Å²) in [5.41, 5.74) is 5.24. The van der Waals surface area contributed by atoms with E-state index in [1.165, 1.54) is 35.7 Å². The van der Waals surface area contributed by atoms with Crippen molar-refractivity contribution in [1.29, 1.82) is 0 Å². The van der Waals surface area contributed by atoms with Gasteiger partial charge >= 0.3 is 0 Å². The average molecular weight is 426 g/mol. The molecule has 4 rings (SSSR count). The topological polar surface area (TPSA) is 137 Å². The van der Waals surface area contributed by atoms with Gasteiger partial charge in [0.05, 0.1) is 17.9 Å². The van der Waals surface area contributed by atoms with E-state index in [0.717, 1.165) is 11.7 Å². The van der Waals surface area contributed by atoms with Crippen molar-refractivity contribution >= 4 is 40.1 Å². The van der Waals surface area contributed by atoms with E-state index in [1.54, 1.807) is 6.92 Å². The van der Waals surface area contributed by atoms with Gasteiger partial charge in [-0.3, -0.25) is 13.9 Å². The van der Waals surface area contributed by atoms with Gasteiger partial charge in [-0.15, -0.1) is 10.8 Å². The minimum atomic E-state index is -3.32. The molecule has 1 saturated carbocycles. The Morgan fingerprint density at radius 3 is 2.75 bits per heavy atom. The van der Waals surface area contributed by atoms with Crippen LogP contribution in [0.4, 0.5) is 10.1 Å². The lowest BCUT2D eigenvalue weighted by atomic mass is 9.86. The van der Waals surface area contributed by atoms with Crippen LogP contribution in [0.15, 0.2) is 29.4 Å². The zero-order valence-corrected chi connectivity index (χ0v) is 16.7. The van der Waals surface area contributed by atoms with E-state index in [2.05, 4.69) is 19.1 Å². The molecule has 2 aromatic rings. The van der Waals surface area contributed by atoms with Gasteiger partial charge in [0, 0.05) is 18.3 Å². The Labute approximate surface area is 166 Å². The summed E-state index contributed by atoms with van der Waals surface area (Å²) in [6, 6.07) is 4.07. The number of hydrogen-bond acceptors (Lipinski definition) is 9. The zero-order valence-electron chi connectivity index (χ0n) is 15.1. The molecule has 2 heterocycles. The van der Waals surface area contributed by atoms with E-state index in [4.69, 9.17) is 5.73 Å². The van der Waals surface area contributed by atoms with Gasteiger partial charge in [-0.25, -0.2) is 13.7 Å². The molecular weight excluding hydrogens is 407 g/mol. The van der Waals surface area contributed by atoms with Crippen LogP contribution < -0.4 is 11.1 Å². The highest BCUT2D eigenvalue weighted by molar-refractivity contribution is 8.24. The zero-order chi connectivity index (χ0) is 20.3. The summed E-state index contributed by atoms with van der Waals surface area (Å²) in [6.07, 6.45) is 2.27. The molecule has 1 aromatic carbocycles. The molecule has 1 amide bonds. The van der Waals surface area contributed by atoms with E-state index in [9.17, 15) is 18.3 Å². The molecule has 12 heteroatoms. The maximum absolute atomic E-state index is 14.8. The summed E-state index contributed by atoms with van der Waals surface area (Å²) in [5.74, 6) is -1.13. The fraction of sp³-hybridized carbons (Fsp3) is 0.375. The number of rotatable bonds is 3. The number of carbonyl (C=O) groups is 1. The lowest BCUT2D eigenvalue weighted by molar-refractivity contribution is 0.102. The number of hydrogen-bond donors (Lipinski definition) is 4. The van der Waals surface area contributed by atoms with Crippen molar-refractivity contribution in [3.05, 3.63) is 41.5 Å². The minimum absolute atomic E-state index is 0.0811. The molecule has 28 heavy (non-hydrogen) atoms. The van der Waals surface area contributed by atoms with Gasteiger partial charge in [0.1, 0.15) is 16.1 Å². The SMILES string of the molecule is CN1C(N)=N[C@](C)(c2cc(NC(=O)c3cnsn3)ccc2F)C2(CC2)S1(O)O. The van der Waals surface area contributed by atoms with Crippen LogP contribution in [0.3, 0.4) is 0 Å². The van der Waals surface area contributed by atoms with E-state index >= 15 is 0 Å². The molecule has 1 aliphatic carbocycles. The van der Waals surface area contributed by atoms with Crippen molar-refractivity contribution in [2.24, 2.45) is 10.7 Å². The maximum Gasteiger partial charge on any atom is 0.277 e. The Kier molecular flexibility index (Phi) is 4.16. The lowest BCUT2D eigenvalue weighted by Gasteiger charge is -2.56. The predicted octanol–water partition coefficient (Wildman–Crippen LogP) is 2.60. The number of aliphatic imine (C=N–C) groups is 1. The predicted molar refractivity (Wildman–Crippen MR) is 106 cm³/mol. The van der Waals surface area contributed by atoms with Gasteiger partial charge in [0.15, 0.2) is 5.69 Å². The molecule has 0 bridgehead atoms. The molecule has 0 unspecified atom stereocenters. The molecule has 1 aliphatic heterocycles. The molecule has 0 radical (unpaired) electrons. The van der Waals surface area contributed by atoms with Gasteiger partial charge in [-0.2, -0.15) is 8.75 Å². The van der Waals surface area contributed by atoms with E-state index in [1.807, 2.05) is 0 Å². The highest BCUT2D eigenvalue weighted by Crippen LogP contribution is 2.76. The quantitative estimate of drug-likeness (QED) is 0.592. The smallest absolute Gasteiger partial charge is 0.277 e. The van der Waals surface area contributed by atoms with Gasteiger partial charge in [-0.05, 0) is 38.0 Å². The highest BCUT2D eigenvalue weighted by atomic mass is 32.3. The molecule has 1 spiro atoms. The summed E-state index contributed by atoms with van der Waals surface area (Å²) in [6.45, 7) is 1.64. The van der Waals surface area contributed by atoms with Crippen LogP contribution in [0.1, 0.15) is 35.8 Å². The summed E-state index contributed by atoms with van der Waals surface area (Å²) < 4.78 is 44.3. The van der Waals surface area contributed by atoms with E-state index in [-0.39, 0.29) is 17.2 Å². The molecule has 0 saturated heterocycles. The number of amides is 1. The molecular formula is C16H19FN6O3S2. The fourth-order valence-corrected chi connectivity index (χ4v) is 6.25. The summed E-state index contributed by atoms with van der Waals surface area (Å²) >= 11 is 0.904. The summed E-state index contributed by atoms with van der Waals surface area (Å²) in [4.78, 5) is 16.7. The first kappa shape index (κ1) is 19.1. The van der Waals surface area contributed by atoms with E-state index in [0.29, 0.717) is 18.5 Å². The normalized spacial score (nSPS) is 25.9. The molecule has 9 nitrogen and oxygen atoms in total. The number of nitrogens with one attached hydrogen (secondary N) is 1. The Balaban J connectivity index is 1.77. The van der Waals surface area contributed by atoms with Crippen LogP contribution in [0.5, 0.6) is 0 Å². The molecule has 2 aliphatic rings. The maximum atomic E-state index is 14.8. The van der Waals surface area contributed by atoms with E-state index < -0.39 is 32.8 Å². The number of benzene rings is 1. The van der Waals surface area contributed by atoms with Crippen LogP contribution >= 0.6 is 22.5 Å². The number of guanidine groups is 1. The van der Waals surface area contributed by atoms with Crippen molar-refractivity contribution in [2.45, 2.75) is 30.1 Å². The second-order valence-electron chi connectivity index (χ2n) is 6.99. The van der Waals surface area contributed by atoms with Gasteiger partial charge < -0.3 is 11.1 Å². The first-order valence-corrected chi connectivity index (χ1v) is 10.6. The molecule has 5 N–H and O–H groups in total. The van der Waals surface area contributed by atoms with Crippen LogP contribution in [0.25, 0.3) is 0 Å². The Morgan fingerprint density at radius 2 is 2.14 bits per heavy atom. The third kappa shape index (κ3) is 2.52. The first-order chi connectivity index (χ1) is 13.1. The van der Waals surface area contributed by atoms with Crippen molar-refractivity contribution in [3.63, 3.8) is 0 Å². The third-order valence-electron chi connectivity index (χ3n) is 5.50. The fourth-order valence-electron chi connectivity index (χ4n) is 3.68. The van der Waals surface area contributed by atoms with Crippen LogP contribution in [-0.2, 0) is 5.54 Å². The molecule has 1 fully saturated rings. The minimum Gasteiger partial charge on any atom is -0.369 e. The molecule has 150 valence electrons. The van der Waals surface area contributed by atoms with Crippen molar-refractivity contribution in [3.8, 4) is 0 Å². The number of nitrogens with zero attached hydrogens (tertiary/aromatic N) is 4. The van der Waals surface area contributed by atoms with Crippen LogP contribution in [0, 0.1) is 5.82 Å². The third-order valence-corrected chi connectivity index (χ3v) is 8.78. The van der Waals surface area contributed by atoms with Crippen LogP contribution in [0.2, 0.25) is 0 Å². The highest BCUT2D eigenvalue weighted by Gasteiger charge is 2.70. The molecule has 1 aromatic heterocycles. The Morgan fingerprint density at radius 1 is 1.43 bits per heavy atom. The number of nitrogens with two attached hydrogens (primary N) is 1. The average Bonchev–Trinajstić information content (AvgIpc) is 3.30. The second kappa shape index (κ2) is 6.11. The second-order valence-corrected chi connectivity index (χ2v) is 9.92. The van der Waals surface area contributed by atoms with Gasteiger partial charge in [0.25, 0.3) is 5.91 Å². The monoisotopic (exact) mass is 426 g/mol. The Bertz CT molecular complexity index is 979. The van der Waals surface area contributed by atoms with Crippen molar-refractivity contribution in [2.75, 3.05) is 12.4 Å². The lowest BCUT2D eigenvalue weighted by Crippen LogP contribution is -2.55. The Hall–Kier alpha value is -2.28. The van der Waals surface area contributed by atoms with Gasteiger partial charge in [-0.1, -0.05) is 0 Å².